The fraction of sp³-hybridized carbons (Fsp3) is 0.625. The maximum atomic E-state index is 2.51. The number of hydrogen-bond donors (Lipinski definition) is 0. The largest absolute Gasteiger partial charge is 0.360 e. The zero-order valence-corrected chi connectivity index (χ0v) is 13.6. The number of benzene rings is 1. The van der Waals surface area contributed by atoms with E-state index in [-0.39, 0.29) is 0 Å². The lowest BCUT2D eigenvalue weighted by molar-refractivity contribution is -0.870. The smallest absolute Gasteiger partial charge is 0.0958 e. The van der Waals surface area contributed by atoms with E-state index < -0.39 is 0 Å². The van der Waals surface area contributed by atoms with Gasteiger partial charge in [-0.3, -0.25) is 0 Å². The summed E-state index contributed by atoms with van der Waals surface area (Å²) >= 11 is 0. The van der Waals surface area contributed by atoms with Crippen LogP contribution in [0.25, 0.3) is 0 Å². The number of hydrogen-bond acceptors (Lipinski definition) is 1. The Labute approximate surface area is 119 Å². The molecule has 0 fully saturated rings. The molecule has 0 bridgehead atoms. The number of likely N-dealkylation sites (N-methyl/N-ethyl adjacent to an activating group) is 2. The molecule has 3 nitrogen and oxygen atoms in total. The van der Waals surface area contributed by atoms with E-state index in [4.69, 9.17) is 0 Å². The number of anilines is 1. The van der Waals surface area contributed by atoms with Crippen molar-refractivity contribution in [2.75, 3.05) is 73.4 Å². The first-order chi connectivity index (χ1) is 8.67. The summed E-state index contributed by atoms with van der Waals surface area (Å²) in [6, 6.07) is 10.8. The molecule has 0 N–H and O–H groups in total. The van der Waals surface area contributed by atoms with Gasteiger partial charge in [0, 0.05) is 5.69 Å². The summed E-state index contributed by atoms with van der Waals surface area (Å²) in [6.07, 6.45) is 0. The Balaban J connectivity index is 2.68. The Hall–Kier alpha value is -1.06. The second-order valence-electron chi connectivity index (χ2n) is 7.35. The van der Waals surface area contributed by atoms with Crippen molar-refractivity contribution < 1.29 is 8.97 Å². The zero-order chi connectivity index (χ0) is 14.5. The van der Waals surface area contributed by atoms with Crippen LogP contribution in [0.15, 0.2) is 30.3 Å². The van der Waals surface area contributed by atoms with Gasteiger partial charge in [0.1, 0.15) is 0 Å². The standard InChI is InChI=1S/C16H31N3/c1-18(2,3)14-12-17(13-15-19(4,5)6)16-10-8-7-9-11-16/h7-11H,12-15H2,1-6H3/q+2. The van der Waals surface area contributed by atoms with Crippen molar-refractivity contribution >= 4 is 5.69 Å². The van der Waals surface area contributed by atoms with Gasteiger partial charge in [0.15, 0.2) is 0 Å². The normalized spacial score (nSPS) is 12.5. The highest BCUT2D eigenvalue weighted by Gasteiger charge is 2.15. The maximum absolute atomic E-state index is 2.51. The minimum atomic E-state index is 1.01. The van der Waals surface area contributed by atoms with E-state index in [0.29, 0.717) is 0 Å². The van der Waals surface area contributed by atoms with Gasteiger partial charge >= 0.3 is 0 Å². The van der Waals surface area contributed by atoms with Crippen molar-refractivity contribution in [2.24, 2.45) is 0 Å². The number of para-hydroxylation sites is 1. The van der Waals surface area contributed by atoms with Crippen LogP contribution in [0.4, 0.5) is 5.69 Å². The summed E-state index contributed by atoms with van der Waals surface area (Å²) in [7, 11) is 13.5. The summed E-state index contributed by atoms with van der Waals surface area (Å²) < 4.78 is 2.02. The molecule has 0 unspecified atom stereocenters. The van der Waals surface area contributed by atoms with Crippen molar-refractivity contribution in [3.05, 3.63) is 30.3 Å². The Morgan fingerprint density at radius 3 is 1.53 bits per heavy atom. The molecule has 1 aromatic carbocycles. The SMILES string of the molecule is C[N+](C)(C)CCN(CC[N+](C)(C)C)c1ccccc1. The van der Waals surface area contributed by atoms with Gasteiger partial charge in [-0.15, -0.1) is 0 Å². The summed E-state index contributed by atoms with van der Waals surface area (Å²) in [5.41, 5.74) is 1.34. The van der Waals surface area contributed by atoms with Gasteiger partial charge < -0.3 is 13.9 Å². The first-order valence-corrected chi connectivity index (χ1v) is 7.08. The first-order valence-electron chi connectivity index (χ1n) is 7.08. The number of quaternary nitrogens is 2. The van der Waals surface area contributed by atoms with Gasteiger partial charge in [-0.2, -0.15) is 0 Å². The van der Waals surface area contributed by atoms with E-state index in [1.165, 1.54) is 5.69 Å². The molecule has 0 aromatic heterocycles. The van der Waals surface area contributed by atoms with Gasteiger partial charge in [-0.25, -0.2) is 0 Å². The lowest BCUT2D eigenvalue weighted by Gasteiger charge is -2.33. The van der Waals surface area contributed by atoms with Gasteiger partial charge in [0.25, 0.3) is 0 Å². The van der Waals surface area contributed by atoms with Crippen molar-refractivity contribution in [2.45, 2.75) is 0 Å². The molecule has 0 aliphatic carbocycles. The minimum absolute atomic E-state index is 1.01. The van der Waals surface area contributed by atoms with Gasteiger partial charge in [0.05, 0.1) is 68.5 Å². The molecular formula is C16H31N3+2. The maximum Gasteiger partial charge on any atom is 0.0958 e. The van der Waals surface area contributed by atoms with Crippen LogP contribution in [-0.2, 0) is 0 Å². The van der Waals surface area contributed by atoms with Crippen LogP contribution in [0.1, 0.15) is 0 Å². The van der Waals surface area contributed by atoms with E-state index >= 15 is 0 Å². The summed E-state index contributed by atoms with van der Waals surface area (Å²) in [5.74, 6) is 0. The van der Waals surface area contributed by atoms with E-state index in [2.05, 4.69) is 77.5 Å². The summed E-state index contributed by atoms with van der Waals surface area (Å²) in [4.78, 5) is 2.51. The molecule has 0 amide bonds. The average molecular weight is 265 g/mol. The molecule has 0 heterocycles. The Morgan fingerprint density at radius 2 is 1.16 bits per heavy atom. The Bertz CT molecular complexity index is 342. The van der Waals surface area contributed by atoms with Crippen molar-refractivity contribution in [1.29, 1.82) is 0 Å². The second-order valence-corrected chi connectivity index (χ2v) is 7.35. The van der Waals surface area contributed by atoms with E-state index in [9.17, 15) is 0 Å². The Kier molecular flexibility index (Phi) is 5.39. The van der Waals surface area contributed by atoms with Crippen LogP contribution >= 0.6 is 0 Å². The van der Waals surface area contributed by atoms with E-state index in [1.54, 1.807) is 0 Å². The third-order valence-corrected chi connectivity index (χ3v) is 3.20. The molecule has 0 atom stereocenters. The molecule has 0 spiro atoms. The fourth-order valence-electron chi connectivity index (χ4n) is 1.85. The third kappa shape index (κ3) is 7.19. The average Bonchev–Trinajstić information content (AvgIpc) is 2.27. The molecule has 1 rings (SSSR count). The summed E-state index contributed by atoms with van der Waals surface area (Å²) in [6.45, 7) is 4.53. The first kappa shape index (κ1) is 16.0. The molecule has 1 aromatic rings. The predicted molar refractivity (Wildman–Crippen MR) is 84.5 cm³/mol. The molecule has 3 heteroatoms. The van der Waals surface area contributed by atoms with Crippen LogP contribution in [0, 0.1) is 0 Å². The van der Waals surface area contributed by atoms with Crippen LogP contribution in [0.2, 0.25) is 0 Å². The van der Waals surface area contributed by atoms with Crippen LogP contribution in [0.3, 0.4) is 0 Å². The van der Waals surface area contributed by atoms with Crippen LogP contribution < -0.4 is 4.90 Å². The fourth-order valence-corrected chi connectivity index (χ4v) is 1.85. The predicted octanol–water partition coefficient (Wildman–Crippen LogP) is 1.91. The zero-order valence-electron chi connectivity index (χ0n) is 13.6. The van der Waals surface area contributed by atoms with Crippen molar-refractivity contribution in [1.82, 2.24) is 0 Å². The van der Waals surface area contributed by atoms with E-state index in [0.717, 1.165) is 35.1 Å². The molecule has 108 valence electrons. The molecule has 0 saturated carbocycles. The lowest BCUT2D eigenvalue weighted by atomic mass is 10.2. The van der Waals surface area contributed by atoms with Gasteiger partial charge in [-0.1, -0.05) is 18.2 Å². The molecule has 0 radical (unpaired) electrons. The highest BCUT2D eigenvalue weighted by atomic mass is 15.3. The van der Waals surface area contributed by atoms with Crippen LogP contribution in [0.5, 0.6) is 0 Å². The molecule has 0 aliphatic rings. The van der Waals surface area contributed by atoms with Gasteiger partial charge in [0.2, 0.25) is 0 Å². The molecular weight excluding hydrogens is 234 g/mol. The molecule has 0 aliphatic heterocycles. The molecule has 19 heavy (non-hydrogen) atoms. The quantitative estimate of drug-likeness (QED) is 0.681. The third-order valence-electron chi connectivity index (χ3n) is 3.20. The van der Waals surface area contributed by atoms with E-state index in [1.807, 2.05) is 0 Å². The summed E-state index contributed by atoms with van der Waals surface area (Å²) in [5, 5.41) is 0. The number of rotatable bonds is 7. The highest BCUT2D eigenvalue weighted by molar-refractivity contribution is 5.45. The topological polar surface area (TPSA) is 3.24 Å². The molecule has 0 saturated heterocycles. The second kappa shape index (κ2) is 6.40. The Morgan fingerprint density at radius 1 is 0.737 bits per heavy atom. The minimum Gasteiger partial charge on any atom is -0.360 e. The van der Waals surface area contributed by atoms with Crippen molar-refractivity contribution in [3.8, 4) is 0 Å². The number of nitrogens with zero attached hydrogens (tertiary/aromatic N) is 3. The highest BCUT2D eigenvalue weighted by Crippen LogP contribution is 2.13. The lowest BCUT2D eigenvalue weighted by Crippen LogP contribution is -2.46. The monoisotopic (exact) mass is 265 g/mol. The van der Waals surface area contributed by atoms with Gasteiger partial charge in [-0.05, 0) is 12.1 Å². The van der Waals surface area contributed by atoms with Crippen molar-refractivity contribution in [3.63, 3.8) is 0 Å². The van der Waals surface area contributed by atoms with Crippen LogP contribution in [-0.4, -0.2) is 77.4 Å².